The first-order valence-corrected chi connectivity index (χ1v) is 8.16. The molecular formula is C17H23N5O. The van der Waals surface area contributed by atoms with Crippen LogP contribution in [0.3, 0.4) is 0 Å². The third-order valence-electron chi connectivity index (χ3n) is 4.08. The number of benzene rings is 1. The van der Waals surface area contributed by atoms with Crippen LogP contribution in [-0.2, 0) is 0 Å². The van der Waals surface area contributed by atoms with Gasteiger partial charge in [0.15, 0.2) is 0 Å². The fourth-order valence-corrected chi connectivity index (χ4v) is 2.79. The van der Waals surface area contributed by atoms with Crippen LogP contribution in [0.2, 0.25) is 0 Å². The number of aromatic nitrogens is 4. The van der Waals surface area contributed by atoms with E-state index >= 15 is 0 Å². The number of hydrogen-bond donors (Lipinski definition) is 1. The number of nitrogens with one attached hydrogen (secondary N) is 1. The number of nitrogens with zero attached hydrogens (tertiary/aromatic N) is 4. The van der Waals surface area contributed by atoms with E-state index in [9.17, 15) is 0 Å². The average molecular weight is 313 g/mol. The summed E-state index contributed by atoms with van der Waals surface area (Å²) in [5.41, 5.74) is 2.36. The molecule has 6 nitrogen and oxygen atoms in total. The molecule has 0 saturated carbocycles. The van der Waals surface area contributed by atoms with Crippen molar-refractivity contribution in [3.05, 3.63) is 41.7 Å². The number of H-pyrrole nitrogens is 1. The van der Waals surface area contributed by atoms with Crippen LogP contribution in [0.15, 0.2) is 30.3 Å². The molecular weight excluding hydrogens is 290 g/mol. The van der Waals surface area contributed by atoms with E-state index in [-0.39, 0.29) is 0 Å². The van der Waals surface area contributed by atoms with Gasteiger partial charge in [-0.2, -0.15) is 5.21 Å². The van der Waals surface area contributed by atoms with E-state index in [0.717, 1.165) is 57.1 Å². The summed E-state index contributed by atoms with van der Waals surface area (Å²) >= 11 is 0. The van der Waals surface area contributed by atoms with Crippen molar-refractivity contribution in [3.8, 4) is 5.75 Å². The predicted octanol–water partition coefficient (Wildman–Crippen LogP) is 2.46. The van der Waals surface area contributed by atoms with E-state index in [4.69, 9.17) is 4.74 Å². The third kappa shape index (κ3) is 4.39. The molecule has 1 N–H and O–H groups in total. The molecule has 3 rings (SSSR count). The van der Waals surface area contributed by atoms with E-state index in [1.54, 1.807) is 0 Å². The van der Waals surface area contributed by atoms with Crippen LogP contribution in [0.1, 0.15) is 30.7 Å². The summed E-state index contributed by atoms with van der Waals surface area (Å²) in [6, 6.07) is 8.16. The molecule has 1 aliphatic rings. The monoisotopic (exact) mass is 313 g/mol. The number of unbranched alkanes of at least 4 members (excludes halogenated alkanes) is 1. The molecule has 2 aromatic rings. The molecule has 0 radical (unpaired) electrons. The van der Waals surface area contributed by atoms with Gasteiger partial charge in [-0.1, -0.05) is 24.3 Å². The minimum atomic E-state index is 0.720. The van der Waals surface area contributed by atoms with E-state index in [2.05, 4.69) is 44.6 Å². The second-order valence-corrected chi connectivity index (χ2v) is 5.85. The molecule has 0 aliphatic carbocycles. The second kappa shape index (κ2) is 7.87. The lowest BCUT2D eigenvalue weighted by atomic mass is 10.1. The normalized spacial score (nSPS) is 15.4. The van der Waals surface area contributed by atoms with Crippen molar-refractivity contribution in [3.63, 3.8) is 0 Å². The van der Waals surface area contributed by atoms with Gasteiger partial charge in [-0.3, -0.25) is 4.90 Å². The van der Waals surface area contributed by atoms with Crippen LogP contribution in [0.5, 0.6) is 5.75 Å². The zero-order valence-electron chi connectivity index (χ0n) is 13.5. The molecule has 0 bridgehead atoms. The summed E-state index contributed by atoms with van der Waals surface area (Å²) < 4.78 is 5.84. The van der Waals surface area contributed by atoms with Gasteiger partial charge in [-0.15, -0.1) is 10.2 Å². The van der Waals surface area contributed by atoms with Gasteiger partial charge in [0.25, 0.3) is 0 Å². The van der Waals surface area contributed by atoms with Crippen LogP contribution in [-0.4, -0.2) is 51.8 Å². The van der Waals surface area contributed by atoms with Crippen LogP contribution in [0.4, 0.5) is 0 Å². The maximum absolute atomic E-state index is 5.84. The molecule has 1 aliphatic heterocycles. The van der Waals surface area contributed by atoms with Gasteiger partial charge < -0.3 is 4.74 Å². The van der Waals surface area contributed by atoms with Crippen molar-refractivity contribution in [2.24, 2.45) is 0 Å². The number of aromatic amines is 1. The Morgan fingerprint density at radius 2 is 2.17 bits per heavy atom. The third-order valence-corrected chi connectivity index (χ3v) is 4.08. The van der Waals surface area contributed by atoms with Gasteiger partial charge >= 0.3 is 0 Å². The van der Waals surface area contributed by atoms with Gasteiger partial charge in [0, 0.05) is 18.7 Å². The zero-order chi connectivity index (χ0) is 15.9. The Balaban J connectivity index is 1.37. The maximum atomic E-state index is 5.84. The average Bonchev–Trinajstić information content (AvgIpc) is 3.11. The minimum absolute atomic E-state index is 0.720. The molecule has 23 heavy (non-hydrogen) atoms. The molecule has 0 fully saturated rings. The molecule has 0 amide bonds. The van der Waals surface area contributed by atoms with Gasteiger partial charge in [0.05, 0.1) is 6.61 Å². The Labute approximate surface area is 136 Å². The highest BCUT2D eigenvalue weighted by atomic mass is 16.5. The van der Waals surface area contributed by atoms with E-state index < -0.39 is 0 Å². The number of para-hydroxylation sites is 1. The van der Waals surface area contributed by atoms with Gasteiger partial charge in [-0.25, -0.2) is 0 Å². The van der Waals surface area contributed by atoms with Crippen molar-refractivity contribution in [1.82, 2.24) is 25.5 Å². The topological polar surface area (TPSA) is 66.9 Å². The Kier molecular flexibility index (Phi) is 5.37. The van der Waals surface area contributed by atoms with Crippen molar-refractivity contribution < 1.29 is 4.74 Å². The standard InChI is InChI=1S/C17H23N5O/c1-14-7-2-3-9-16(14)23-12-5-4-10-22-11-6-8-15(13-22)17-18-20-21-19-17/h2-3,7-9H,4-6,10-13H2,1H3,(H,18,19,20,21). The van der Waals surface area contributed by atoms with Crippen LogP contribution in [0, 0.1) is 6.92 Å². The Morgan fingerprint density at radius 1 is 1.26 bits per heavy atom. The molecule has 122 valence electrons. The SMILES string of the molecule is Cc1ccccc1OCCCCN1CCC=C(c2nn[nH]n2)C1. The lowest BCUT2D eigenvalue weighted by Crippen LogP contribution is -2.30. The Morgan fingerprint density at radius 3 is 3.00 bits per heavy atom. The maximum Gasteiger partial charge on any atom is 0.201 e. The summed E-state index contributed by atoms with van der Waals surface area (Å²) in [6.45, 7) is 5.92. The first-order chi connectivity index (χ1) is 11.3. The first-order valence-electron chi connectivity index (χ1n) is 8.16. The number of tetrazole rings is 1. The summed E-state index contributed by atoms with van der Waals surface area (Å²) in [6.07, 6.45) is 5.45. The zero-order valence-corrected chi connectivity index (χ0v) is 13.5. The summed E-state index contributed by atoms with van der Waals surface area (Å²) in [4.78, 5) is 2.44. The van der Waals surface area contributed by atoms with Gasteiger partial charge in [-0.05, 0) is 49.6 Å². The van der Waals surface area contributed by atoms with Gasteiger partial charge in [0.1, 0.15) is 5.75 Å². The lowest BCUT2D eigenvalue weighted by molar-refractivity contribution is 0.265. The highest BCUT2D eigenvalue weighted by Crippen LogP contribution is 2.18. The second-order valence-electron chi connectivity index (χ2n) is 5.85. The van der Waals surface area contributed by atoms with Crippen LogP contribution < -0.4 is 4.74 Å². The molecule has 1 aromatic carbocycles. The summed E-state index contributed by atoms with van der Waals surface area (Å²) in [5, 5.41) is 14.3. The highest BCUT2D eigenvalue weighted by molar-refractivity contribution is 5.61. The first kappa shape index (κ1) is 15.7. The molecule has 0 saturated heterocycles. The van der Waals surface area contributed by atoms with Crippen LogP contribution in [0.25, 0.3) is 5.57 Å². The fraction of sp³-hybridized carbons (Fsp3) is 0.471. The lowest BCUT2D eigenvalue weighted by Gasteiger charge is -2.26. The minimum Gasteiger partial charge on any atom is -0.493 e. The molecule has 0 spiro atoms. The fourth-order valence-electron chi connectivity index (χ4n) is 2.79. The van der Waals surface area contributed by atoms with Crippen LogP contribution >= 0.6 is 0 Å². The quantitative estimate of drug-likeness (QED) is 0.795. The highest BCUT2D eigenvalue weighted by Gasteiger charge is 2.16. The largest absolute Gasteiger partial charge is 0.493 e. The van der Waals surface area contributed by atoms with E-state index in [1.807, 2.05) is 18.2 Å². The molecule has 6 heteroatoms. The predicted molar refractivity (Wildman–Crippen MR) is 89.1 cm³/mol. The summed E-state index contributed by atoms with van der Waals surface area (Å²) in [5.74, 6) is 1.71. The number of aryl methyl sites for hydroxylation is 1. The number of rotatable bonds is 7. The van der Waals surface area contributed by atoms with Crippen molar-refractivity contribution in [2.75, 3.05) is 26.2 Å². The molecule has 0 atom stereocenters. The molecule has 2 heterocycles. The molecule has 0 unspecified atom stereocenters. The Bertz CT molecular complexity index is 638. The smallest absolute Gasteiger partial charge is 0.201 e. The summed E-state index contributed by atoms with van der Waals surface area (Å²) in [7, 11) is 0. The number of ether oxygens (including phenoxy) is 1. The van der Waals surface area contributed by atoms with Crippen molar-refractivity contribution in [2.45, 2.75) is 26.2 Å². The molecule has 1 aromatic heterocycles. The van der Waals surface area contributed by atoms with E-state index in [0.29, 0.717) is 0 Å². The Hall–Kier alpha value is -2.21. The van der Waals surface area contributed by atoms with Crippen molar-refractivity contribution in [1.29, 1.82) is 0 Å². The van der Waals surface area contributed by atoms with Crippen molar-refractivity contribution >= 4 is 5.57 Å². The van der Waals surface area contributed by atoms with Gasteiger partial charge in [0.2, 0.25) is 5.82 Å². The number of hydrogen-bond acceptors (Lipinski definition) is 5. The van der Waals surface area contributed by atoms with E-state index in [1.165, 1.54) is 11.1 Å².